The third-order valence-electron chi connectivity index (χ3n) is 5.28. The number of nitrogens with zero attached hydrogens (tertiary/aromatic N) is 2. The standard InChI is InChI=1S/C22H23N3O3/c1-28-16-11-9-15(10-12-16)13-23-21(26)14-25-20-8-3-2-6-19(20)24-18-7-4-5-17(18)22(25)27/h2-3,6,8-12,17H,4-5,7,13-14H2,1H3,(H,23,26)/t17-/m0/s1. The van der Waals surface area contributed by atoms with Crippen LogP contribution in [-0.4, -0.2) is 31.2 Å². The maximum atomic E-state index is 13.1. The topological polar surface area (TPSA) is 71.0 Å². The number of aliphatic imine (C=N–C) groups is 1. The monoisotopic (exact) mass is 377 g/mol. The lowest BCUT2D eigenvalue weighted by Gasteiger charge is -2.24. The first-order chi connectivity index (χ1) is 13.7. The van der Waals surface area contributed by atoms with Crippen molar-refractivity contribution in [1.82, 2.24) is 5.32 Å². The first-order valence-corrected chi connectivity index (χ1v) is 9.53. The summed E-state index contributed by atoms with van der Waals surface area (Å²) in [5.41, 5.74) is 3.38. The van der Waals surface area contributed by atoms with Gasteiger partial charge in [-0.05, 0) is 49.1 Å². The van der Waals surface area contributed by atoms with Crippen LogP contribution in [0.4, 0.5) is 11.4 Å². The zero-order valence-electron chi connectivity index (χ0n) is 15.9. The summed E-state index contributed by atoms with van der Waals surface area (Å²) in [6.07, 6.45) is 2.62. The molecular weight excluding hydrogens is 354 g/mol. The van der Waals surface area contributed by atoms with E-state index in [4.69, 9.17) is 9.73 Å². The number of anilines is 1. The SMILES string of the molecule is COc1ccc(CNC(=O)CN2C(=O)[C@H]3CCCC3=Nc3ccccc32)cc1. The van der Waals surface area contributed by atoms with Gasteiger partial charge in [-0.15, -0.1) is 0 Å². The fraction of sp³-hybridized carbons (Fsp3) is 0.318. The van der Waals surface area contributed by atoms with Crippen molar-refractivity contribution in [2.75, 3.05) is 18.6 Å². The molecule has 1 aliphatic heterocycles. The lowest BCUT2D eigenvalue weighted by atomic mass is 10.1. The Balaban J connectivity index is 1.48. The Morgan fingerprint density at radius 1 is 1.21 bits per heavy atom. The Bertz CT molecular complexity index is 921. The molecule has 6 nitrogen and oxygen atoms in total. The van der Waals surface area contributed by atoms with Crippen molar-refractivity contribution in [3.8, 4) is 5.75 Å². The zero-order chi connectivity index (χ0) is 19.5. The summed E-state index contributed by atoms with van der Waals surface area (Å²) >= 11 is 0. The number of carbonyl (C=O) groups excluding carboxylic acids is 2. The number of ether oxygens (including phenoxy) is 1. The predicted octanol–water partition coefficient (Wildman–Crippen LogP) is 3.23. The number of fused-ring (bicyclic) bond motifs is 2. The van der Waals surface area contributed by atoms with Gasteiger partial charge >= 0.3 is 0 Å². The molecule has 0 aromatic heterocycles. The molecule has 1 fully saturated rings. The number of hydrogen-bond acceptors (Lipinski definition) is 4. The van der Waals surface area contributed by atoms with Gasteiger partial charge in [0.05, 0.1) is 24.4 Å². The fourth-order valence-electron chi connectivity index (χ4n) is 3.78. The molecule has 1 N–H and O–H groups in total. The van der Waals surface area contributed by atoms with Crippen molar-refractivity contribution in [2.24, 2.45) is 10.9 Å². The third-order valence-corrected chi connectivity index (χ3v) is 5.28. The molecule has 1 atom stereocenters. The lowest BCUT2D eigenvalue weighted by molar-refractivity contribution is -0.124. The smallest absolute Gasteiger partial charge is 0.240 e. The van der Waals surface area contributed by atoms with Crippen LogP contribution in [0.15, 0.2) is 53.5 Å². The summed E-state index contributed by atoms with van der Waals surface area (Å²) in [5.74, 6) is 0.345. The summed E-state index contributed by atoms with van der Waals surface area (Å²) in [4.78, 5) is 32.0. The van der Waals surface area contributed by atoms with E-state index in [0.717, 1.165) is 42.0 Å². The van der Waals surface area contributed by atoms with E-state index in [0.29, 0.717) is 12.2 Å². The predicted molar refractivity (Wildman–Crippen MR) is 108 cm³/mol. The van der Waals surface area contributed by atoms with Crippen molar-refractivity contribution in [2.45, 2.75) is 25.8 Å². The number of benzene rings is 2. The number of rotatable bonds is 5. The molecule has 1 heterocycles. The molecular formula is C22H23N3O3. The second kappa shape index (κ2) is 7.84. The van der Waals surface area contributed by atoms with Crippen molar-refractivity contribution >= 4 is 28.9 Å². The summed E-state index contributed by atoms with van der Waals surface area (Å²) in [7, 11) is 1.62. The van der Waals surface area contributed by atoms with Crippen LogP contribution < -0.4 is 15.0 Å². The first kappa shape index (κ1) is 18.2. The number of carbonyl (C=O) groups is 2. The van der Waals surface area contributed by atoms with E-state index >= 15 is 0 Å². The van der Waals surface area contributed by atoms with E-state index in [1.807, 2.05) is 48.5 Å². The molecule has 6 heteroatoms. The van der Waals surface area contributed by atoms with E-state index in [-0.39, 0.29) is 24.3 Å². The largest absolute Gasteiger partial charge is 0.497 e. The van der Waals surface area contributed by atoms with Crippen molar-refractivity contribution in [3.63, 3.8) is 0 Å². The zero-order valence-corrected chi connectivity index (χ0v) is 15.9. The second-order valence-electron chi connectivity index (χ2n) is 7.09. The first-order valence-electron chi connectivity index (χ1n) is 9.53. The second-order valence-corrected chi connectivity index (χ2v) is 7.09. The van der Waals surface area contributed by atoms with Crippen LogP contribution in [0.25, 0.3) is 0 Å². The number of para-hydroxylation sites is 2. The van der Waals surface area contributed by atoms with Gasteiger partial charge in [0, 0.05) is 12.3 Å². The van der Waals surface area contributed by atoms with Crippen LogP contribution in [0.5, 0.6) is 5.75 Å². The molecule has 2 aliphatic rings. The highest BCUT2D eigenvalue weighted by Crippen LogP contribution is 2.37. The van der Waals surface area contributed by atoms with Gasteiger partial charge in [-0.3, -0.25) is 14.6 Å². The van der Waals surface area contributed by atoms with Crippen LogP contribution in [0.3, 0.4) is 0 Å². The molecule has 0 unspecified atom stereocenters. The van der Waals surface area contributed by atoms with E-state index in [2.05, 4.69) is 5.32 Å². The quantitative estimate of drug-likeness (QED) is 0.870. The van der Waals surface area contributed by atoms with Crippen molar-refractivity contribution in [1.29, 1.82) is 0 Å². The number of hydrogen-bond donors (Lipinski definition) is 1. The lowest BCUT2D eigenvalue weighted by Crippen LogP contribution is -2.43. The summed E-state index contributed by atoms with van der Waals surface area (Å²) in [6, 6.07) is 15.1. The molecule has 2 aromatic carbocycles. The van der Waals surface area contributed by atoms with Gasteiger partial charge in [-0.25, -0.2) is 0 Å². The van der Waals surface area contributed by atoms with Gasteiger partial charge in [-0.1, -0.05) is 24.3 Å². The Hall–Kier alpha value is -3.15. The highest BCUT2D eigenvalue weighted by atomic mass is 16.5. The van der Waals surface area contributed by atoms with Crippen molar-refractivity contribution in [3.05, 3.63) is 54.1 Å². The van der Waals surface area contributed by atoms with E-state index in [1.54, 1.807) is 12.0 Å². The fourth-order valence-corrected chi connectivity index (χ4v) is 3.78. The minimum absolute atomic E-state index is 0.00863. The van der Waals surface area contributed by atoms with Crippen LogP contribution >= 0.6 is 0 Å². The highest BCUT2D eigenvalue weighted by Gasteiger charge is 2.36. The number of nitrogens with one attached hydrogen (secondary N) is 1. The molecule has 28 heavy (non-hydrogen) atoms. The van der Waals surface area contributed by atoms with Gasteiger partial charge in [-0.2, -0.15) is 0 Å². The Morgan fingerprint density at radius 2 is 2.00 bits per heavy atom. The van der Waals surface area contributed by atoms with Gasteiger partial charge in [0.2, 0.25) is 11.8 Å². The number of methoxy groups -OCH3 is 1. The molecule has 1 aliphatic carbocycles. The molecule has 2 amide bonds. The van der Waals surface area contributed by atoms with Crippen molar-refractivity contribution < 1.29 is 14.3 Å². The van der Waals surface area contributed by atoms with Gasteiger partial charge < -0.3 is 15.0 Å². The third kappa shape index (κ3) is 3.63. The Kier molecular flexibility index (Phi) is 5.10. The van der Waals surface area contributed by atoms with Crippen LogP contribution in [0, 0.1) is 5.92 Å². The average Bonchev–Trinajstić information content (AvgIpc) is 3.15. The summed E-state index contributed by atoms with van der Waals surface area (Å²) < 4.78 is 5.14. The number of amides is 2. The summed E-state index contributed by atoms with van der Waals surface area (Å²) in [5, 5.41) is 2.90. The molecule has 0 spiro atoms. The molecule has 2 aromatic rings. The van der Waals surface area contributed by atoms with Gasteiger partial charge in [0.25, 0.3) is 0 Å². The van der Waals surface area contributed by atoms with Crippen LogP contribution in [0.1, 0.15) is 24.8 Å². The molecule has 144 valence electrons. The van der Waals surface area contributed by atoms with E-state index < -0.39 is 0 Å². The Morgan fingerprint density at radius 3 is 2.79 bits per heavy atom. The maximum Gasteiger partial charge on any atom is 0.240 e. The minimum Gasteiger partial charge on any atom is -0.497 e. The molecule has 4 rings (SSSR count). The highest BCUT2D eigenvalue weighted by molar-refractivity contribution is 6.16. The minimum atomic E-state index is -0.207. The van der Waals surface area contributed by atoms with Crippen LogP contribution in [-0.2, 0) is 16.1 Å². The molecule has 0 radical (unpaired) electrons. The molecule has 0 saturated heterocycles. The van der Waals surface area contributed by atoms with Crippen LogP contribution in [0.2, 0.25) is 0 Å². The van der Waals surface area contributed by atoms with E-state index in [9.17, 15) is 9.59 Å². The maximum absolute atomic E-state index is 13.1. The normalized spacial score (nSPS) is 18.0. The van der Waals surface area contributed by atoms with Gasteiger partial charge in [0.15, 0.2) is 0 Å². The molecule has 1 saturated carbocycles. The summed E-state index contributed by atoms with van der Waals surface area (Å²) in [6.45, 7) is 0.392. The average molecular weight is 377 g/mol. The van der Waals surface area contributed by atoms with E-state index in [1.165, 1.54) is 0 Å². The molecule has 0 bridgehead atoms. The van der Waals surface area contributed by atoms with Gasteiger partial charge in [0.1, 0.15) is 12.3 Å². The Labute approximate surface area is 164 Å².